The van der Waals surface area contributed by atoms with Crippen LogP contribution in [0.1, 0.15) is 24.8 Å². The number of amides is 2. The van der Waals surface area contributed by atoms with Crippen LogP contribution in [0.15, 0.2) is 24.3 Å². The first kappa shape index (κ1) is 17.8. The molecule has 1 aliphatic heterocycles. The van der Waals surface area contributed by atoms with Gasteiger partial charge in [0.2, 0.25) is 11.8 Å². The van der Waals surface area contributed by atoms with Gasteiger partial charge in [0.1, 0.15) is 11.4 Å². The van der Waals surface area contributed by atoms with E-state index in [1.54, 1.807) is 17.0 Å². The second kappa shape index (κ2) is 6.72. The van der Waals surface area contributed by atoms with E-state index < -0.39 is 16.9 Å². The zero-order valence-electron chi connectivity index (χ0n) is 14.3. The average Bonchev–Trinajstić information content (AvgIpc) is 3.39. The van der Waals surface area contributed by atoms with Gasteiger partial charge in [-0.1, -0.05) is 12.1 Å². The molecule has 1 aromatic carbocycles. The number of rotatable bonds is 5. The predicted octanol–water partition coefficient (Wildman–Crippen LogP) is 0.977. The fourth-order valence-electron chi connectivity index (χ4n) is 3.52. The van der Waals surface area contributed by atoms with E-state index in [0.29, 0.717) is 13.2 Å². The van der Waals surface area contributed by atoms with E-state index in [9.17, 15) is 14.0 Å². The van der Waals surface area contributed by atoms with E-state index in [2.05, 4.69) is 0 Å². The van der Waals surface area contributed by atoms with Crippen molar-refractivity contribution in [3.05, 3.63) is 35.6 Å². The highest BCUT2D eigenvalue weighted by Gasteiger charge is 2.54. The Bertz CT molecular complexity index is 660. The van der Waals surface area contributed by atoms with Crippen LogP contribution in [0, 0.1) is 5.82 Å². The number of primary amides is 1. The highest BCUT2D eigenvalue weighted by molar-refractivity contribution is 5.91. The molecule has 1 saturated heterocycles. The number of carbonyl (C=O) groups excluding carboxylic acids is 2. The average molecular weight is 350 g/mol. The first-order valence-corrected chi connectivity index (χ1v) is 8.37. The second-order valence-electron chi connectivity index (χ2n) is 6.90. The molecule has 2 aliphatic rings. The summed E-state index contributed by atoms with van der Waals surface area (Å²) in [6, 6.07) is 6.09. The maximum Gasteiger partial charge on any atom is 0.233 e. The topological polar surface area (TPSA) is 81.9 Å². The van der Waals surface area contributed by atoms with E-state index in [1.165, 1.54) is 19.2 Å². The van der Waals surface area contributed by atoms with Gasteiger partial charge in [-0.05, 0) is 30.5 Å². The van der Waals surface area contributed by atoms with E-state index in [4.69, 9.17) is 15.2 Å². The van der Waals surface area contributed by atoms with Crippen molar-refractivity contribution in [1.29, 1.82) is 0 Å². The van der Waals surface area contributed by atoms with Crippen molar-refractivity contribution in [2.45, 2.75) is 30.3 Å². The number of methoxy groups -OCH3 is 1. The summed E-state index contributed by atoms with van der Waals surface area (Å²) >= 11 is 0. The smallest absolute Gasteiger partial charge is 0.233 e. The van der Waals surface area contributed by atoms with Crippen LogP contribution in [-0.4, -0.2) is 55.7 Å². The lowest BCUT2D eigenvalue weighted by atomic mass is 9.92. The molecule has 2 N–H and O–H groups in total. The Balaban J connectivity index is 1.83. The second-order valence-corrected chi connectivity index (χ2v) is 6.90. The maximum absolute atomic E-state index is 13.2. The number of benzene rings is 1. The van der Waals surface area contributed by atoms with Crippen molar-refractivity contribution in [3.63, 3.8) is 0 Å². The molecular formula is C18H23FN2O4. The van der Waals surface area contributed by atoms with Crippen molar-refractivity contribution in [2.75, 3.05) is 33.4 Å². The van der Waals surface area contributed by atoms with E-state index in [0.717, 1.165) is 18.4 Å². The Kier molecular flexibility index (Phi) is 4.79. The molecule has 1 heterocycles. The molecule has 136 valence electrons. The summed E-state index contributed by atoms with van der Waals surface area (Å²) in [4.78, 5) is 26.3. The highest BCUT2D eigenvalue weighted by atomic mass is 19.1. The molecule has 1 saturated carbocycles. The number of hydrogen-bond acceptors (Lipinski definition) is 4. The molecule has 0 spiro atoms. The van der Waals surface area contributed by atoms with Crippen molar-refractivity contribution >= 4 is 11.8 Å². The van der Waals surface area contributed by atoms with Crippen LogP contribution in [0.5, 0.6) is 0 Å². The molecule has 1 aliphatic carbocycles. The monoisotopic (exact) mass is 350 g/mol. The largest absolute Gasteiger partial charge is 0.377 e. The number of ether oxygens (including phenoxy) is 2. The number of halogens is 1. The van der Waals surface area contributed by atoms with Crippen LogP contribution in [-0.2, 0) is 24.5 Å². The van der Waals surface area contributed by atoms with Gasteiger partial charge in [0.05, 0.1) is 31.6 Å². The molecule has 2 fully saturated rings. The molecule has 0 unspecified atom stereocenters. The molecule has 2 amide bonds. The van der Waals surface area contributed by atoms with Crippen LogP contribution >= 0.6 is 0 Å². The number of hydrogen-bond donors (Lipinski definition) is 1. The van der Waals surface area contributed by atoms with Gasteiger partial charge >= 0.3 is 0 Å². The molecule has 1 aromatic rings. The Morgan fingerprint density at radius 2 is 2.00 bits per heavy atom. The van der Waals surface area contributed by atoms with Gasteiger partial charge in [0, 0.05) is 13.7 Å². The minimum atomic E-state index is -0.934. The number of nitrogens with zero attached hydrogens (tertiary/aromatic N) is 1. The van der Waals surface area contributed by atoms with Gasteiger partial charge in [-0.3, -0.25) is 9.59 Å². The zero-order chi connectivity index (χ0) is 18.1. The minimum absolute atomic E-state index is 0.0170. The van der Waals surface area contributed by atoms with Gasteiger partial charge in [-0.2, -0.15) is 0 Å². The Hall–Kier alpha value is -1.99. The quantitative estimate of drug-likeness (QED) is 0.858. The minimum Gasteiger partial charge on any atom is -0.377 e. The van der Waals surface area contributed by atoms with Crippen LogP contribution in [0.4, 0.5) is 4.39 Å². The summed E-state index contributed by atoms with van der Waals surface area (Å²) in [5.74, 6) is -0.857. The maximum atomic E-state index is 13.2. The summed E-state index contributed by atoms with van der Waals surface area (Å²) in [6.07, 6.45) is 1.44. The van der Waals surface area contributed by atoms with Crippen LogP contribution in [0.2, 0.25) is 0 Å². The molecule has 3 rings (SSSR count). The fraction of sp³-hybridized carbons (Fsp3) is 0.556. The van der Waals surface area contributed by atoms with E-state index >= 15 is 0 Å². The van der Waals surface area contributed by atoms with Gasteiger partial charge in [-0.25, -0.2) is 4.39 Å². The van der Waals surface area contributed by atoms with Crippen molar-refractivity contribution in [3.8, 4) is 0 Å². The zero-order valence-corrected chi connectivity index (χ0v) is 14.3. The summed E-state index contributed by atoms with van der Waals surface area (Å²) in [6.45, 7) is 1.24. The summed E-state index contributed by atoms with van der Waals surface area (Å²) in [5.41, 5.74) is 4.63. The normalized spacial score (nSPS) is 25.3. The molecular weight excluding hydrogens is 327 g/mol. The molecule has 25 heavy (non-hydrogen) atoms. The van der Waals surface area contributed by atoms with Gasteiger partial charge in [0.15, 0.2) is 0 Å². The first-order chi connectivity index (χ1) is 11.9. The van der Waals surface area contributed by atoms with Crippen LogP contribution in [0.3, 0.4) is 0 Å². The molecule has 6 nitrogen and oxygen atoms in total. The molecule has 0 bridgehead atoms. The Morgan fingerprint density at radius 3 is 2.56 bits per heavy atom. The lowest BCUT2D eigenvalue weighted by molar-refractivity contribution is -0.141. The number of carbonyl (C=O) groups is 2. The third kappa shape index (κ3) is 3.52. The Labute approximate surface area is 146 Å². The first-order valence-electron chi connectivity index (χ1n) is 8.37. The van der Waals surface area contributed by atoms with Gasteiger partial charge < -0.3 is 20.1 Å². The van der Waals surface area contributed by atoms with Crippen LogP contribution in [0.25, 0.3) is 0 Å². The third-order valence-corrected chi connectivity index (χ3v) is 5.12. The third-order valence-electron chi connectivity index (χ3n) is 5.12. The molecule has 0 radical (unpaired) electrons. The lowest BCUT2D eigenvalue weighted by Gasteiger charge is -2.35. The molecule has 1 atom stereocenters. The standard InChI is InChI=1S/C18H23FN2O4/c1-24-17(10-15(20)22)11-21(8-9-25-12-17)16(23)18(6-7-18)13-2-4-14(19)5-3-13/h2-5H,6-12H2,1H3,(H2,20,22)/t17-/m0/s1. The number of nitrogens with two attached hydrogens (primary N) is 1. The lowest BCUT2D eigenvalue weighted by Crippen LogP contribution is -2.52. The Morgan fingerprint density at radius 1 is 1.32 bits per heavy atom. The van der Waals surface area contributed by atoms with E-state index in [1.807, 2.05) is 0 Å². The van der Waals surface area contributed by atoms with Crippen molar-refractivity contribution in [2.24, 2.45) is 5.73 Å². The predicted molar refractivity (Wildman–Crippen MR) is 88.3 cm³/mol. The van der Waals surface area contributed by atoms with Crippen molar-refractivity contribution < 1.29 is 23.5 Å². The molecule has 0 aromatic heterocycles. The molecule has 7 heteroatoms. The SMILES string of the molecule is CO[C@]1(CC(N)=O)COCCN(C(=O)C2(c3ccc(F)cc3)CC2)C1. The fourth-order valence-corrected chi connectivity index (χ4v) is 3.52. The van der Waals surface area contributed by atoms with Crippen LogP contribution < -0.4 is 5.73 Å². The summed E-state index contributed by atoms with van der Waals surface area (Å²) < 4.78 is 24.3. The van der Waals surface area contributed by atoms with Crippen molar-refractivity contribution in [1.82, 2.24) is 4.90 Å². The van der Waals surface area contributed by atoms with Gasteiger partial charge in [0.25, 0.3) is 0 Å². The highest BCUT2D eigenvalue weighted by Crippen LogP contribution is 2.50. The summed E-state index contributed by atoms with van der Waals surface area (Å²) in [5, 5.41) is 0. The van der Waals surface area contributed by atoms with Gasteiger partial charge in [-0.15, -0.1) is 0 Å². The van der Waals surface area contributed by atoms with E-state index in [-0.39, 0.29) is 31.3 Å². The summed E-state index contributed by atoms with van der Waals surface area (Å²) in [7, 11) is 1.49.